The summed E-state index contributed by atoms with van der Waals surface area (Å²) in [5.41, 5.74) is 2.77. The van der Waals surface area contributed by atoms with Gasteiger partial charge >= 0.3 is 0 Å². The number of nitrogens with one attached hydrogen (secondary N) is 1. The maximum atomic E-state index is 5.83. The second kappa shape index (κ2) is 5.65. The summed E-state index contributed by atoms with van der Waals surface area (Å²) in [4.78, 5) is 13.0. The van der Waals surface area contributed by atoms with Gasteiger partial charge in [0.2, 0.25) is 11.8 Å². The molecule has 5 nitrogen and oxygen atoms in total. The SMILES string of the molecule is CCc1nc(C)ccc1Oc1cc(C)nc(NC)n1. The molecule has 0 saturated heterocycles. The summed E-state index contributed by atoms with van der Waals surface area (Å²) in [5, 5.41) is 2.91. The zero-order valence-corrected chi connectivity index (χ0v) is 11.7. The number of anilines is 1. The number of hydrogen-bond acceptors (Lipinski definition) is 5. The molecule has 0 bridgehead atoms. The Morgan fingerprint density at radius 3 is 2.58 bits per heavy atom. The van der Waals surface area contributed by atoms with E-state index in [0.717, 1.165) is 29.3 Å². The summed E-state index contributed by atoms with van der Waals surface area (Å²) in [7, 11) is 1.78. The first kappa shape index (κ1) is 13.3. The third-order valence-corrected chi connectivity index (χ3v) is 2.68. The number of aryl methyl sites for hydroxylation is 3. The van der Waals surface area contributed by atoms with Crippen LogP contribution < -0.4 is 10.1 Å². The fraction of sp³-hybridized carbons (Fsp3) is 0.357. The predicted octanol–water partition coefficient (Wildman–Crippen LogP) is 2.88. The van der Waals surface area contributed by atoms with Gasteiger partial charge in [-0.15, -0.1) is 0 Å². The summed E-state index contributed by atoms with van der Waals surface area (Å²) in [5.74, 6) is 1.82. The van der Waals surface area contributed by atoms with Crippen molar-refractivity contribution in [2.45, 2.75) is 27.2 Å². The first-order valence-electron chi connectivity index (χ1n) is 6.30. The molecule has 0 amide bonds. The van der Waals surface area contributed by atoms with Crippen molar-refractivity contribution in [2.24, 2.45) is 0 Å². The van der Waals surface area contributed by atoms with Gasteiger partial charge in [0, 0.05) is 24.5 Å². The fourth-order valence-corrected chi connectivity index (χ4v) is 1.76. The van der Waals surface area contributed by atoms with E-state index in [9.17, 15) is 0 Å². The number of ether oxygens (including phenoxy) is 1. The van der Waals surface area contributed by atoms with E-state index in [0.29, 0.717) is 11.8 Å². The van der Waals surface area contributed by atoms with Crippen molar-refractivity contribution >= 4 is 5.95 Å². The predicted molar refractivity (Wildman–Crippen MR) is 74.7 cm³/mol. The summed E-state index contributed by atoms with van der Waals surface area (Å²) < 4.78 is 5.83. The minimum Gasteiger partial charge on any atom is -0.437 e. The molecule has 1 N–H and O–H groups in total. The van der Waals surface area contributed by atoms with E-state index in [2.05, 4.69) is 27.2 Å². The molecule has 2 heterocycles. The maximum absolute atomic E-state index is 5.83. The van der Waals surface area contributed by atoms with Gasteiger partial charge in [0.05, 0.1) is 5.69 Å². The molecule has 0 radical (unpaired) electrons. The first-order valence-corrected chi connectivity index (χ1v) is 6.30. The Labute approximate surface area is 113 Å². The Morgan fingerprint density at radius 1 is 1.11 bits per heavy atom. The fourth-order valence-electron chi connectivity index (χ4n) is 1.76. The molecule has 0 atom stereocenters. The zero-order valence-electron chi connectivity index (χ0n) is 11.7. The van der Waals surface area contributed by atoms with Crippen LogP contribution >= 0.6 is 0 Å². The summed E-state index contributed by atoms with van der Waals surface area (Å²) in [6, 6.07) is 5.67. The molecule has 0 aliphatic heterocycles. The van der Waals surface area contributed by atoms with Gasteiger partial charge in [-0.3, -0.25) is 4.98 Å². The van der Waals surface area contributed by atoms with Crippen molar-refractivity contribution in [2.75, 3.05) is 12.4 Å². The van der Waals surface area contributed by atoms with Crippen LogP contribution in [0.2, 0.25) is 0 Å². The second-order valence-corrected chi connectivity index (χ2v) is 4.27. The third kappa shape index (κ3) is 3.19. The number of pyridine rings is 1. The Hall–Kier alpha value is -2.17. The molecule has 0 aromatic carbocycles. The van der Waals surface area contributed by atoms with E-state index in [4.69, 9.17) is 4.74 Å². The van der Waals surface area contributed by atoms with Crippen LogP contribution in [0.4, 0.5) is 5.95 Å². The van der Waals surface area contributed by atoms with Gasteiger partial charge in [-0.1, -0.05) is 6.92 Å². The molecule has 0 aliphatic rings. The van der Waals surface area contributed by atoms with Gasteiger partial charge in [0.15, 0.2) is 5.75 Å². The zero-order chi connectivity index (χ0) is 13.8. The molecule has 0 aliphatic carbocycles. The normalized spacial score (nSPS) is 10.3. The van der Waals surface area contributed by atoms with Crippen molar-refractivity contribution in [3.8, 4) is 11.6 Å². The van der Waals surface area contributed by atoms with Crippen LogP contribution in [0.15, 0.2) is 18.2 Å². The lowest BCUT2D eigenvalue weighted by Gasteiger charge is -2.10. The molecule has 2 aromatic heterocycles. The lowest BCUT2D eigenvalue weighted by atomic mass is 10.2. The van der Waals surface area contributed by atoms with Crippen molar-refractivity contribution < 1.29 is 4.74 Å². The average molecular weight is 258 g/mol. The van der Waals surface area contributed by atoms with Crippen molar-refractivity contribution in [3.05, 3.63) is 35.3 Å². The van der Waals surface area contributed by atoms with E-state index in [1.807, 2.05) is 26.0 Å². The molecule has 2 rings (SSSR count). The minimum atomic E-state index is 0.525. The molecule has 100 valence electrons. The molecule has 0 fully saturated rings. The van der Waals surface area contributed by atoms with Crippen molar-refractivity contribution in [3.63, 3.8) is 0 Å². The molecule has 0 saturated carbocycles. The summed E-state index contributed by atoms with van der Waals surface area (Å²) in [6.07, 6.45) is 0.819. The van der Waals surface area contributed by atoms with E-state index in [1.165, 1.54) is 0 Å². The van der Waals surface area contributed by atoms with Crippen LogP contribution in [-0.2, 0) is 6.42 Å². The number of rotatable bonds is 4. The van der Waals surface area contributed by atoms with E-state index >= 15 is 0 Å². The molecule has 5 heteroatoms. The highest BCUT2D eigenvalue weighted by atomic mass is 16.5. The van der Waals surface area contributed by atoms with Crippen LogP contribution in [0, 0.1) is 13.8 Å². The monoisotopic (exact) mass is 258 g/mol. The number of nitrogens with zero attached hydrogens (tertiary/aromatic N) is 3. The molecular formula is C14H18N4O. The lowest BCUT2D eigenvalue weighted by molar-refractivity contribution is 0.453. The molecule has 2 aromatic rings. The van der Waals surface area contributed by atoms with Crippen molar-refractivity contribution in [1.29, 1.82) is 0 Å². The maximum Gasteiger partial charge on any atom is 0.225 e. The Bertz CT molecular complexity index is 584. The number of hydrogen-bond donors (Lipinski definition) is 1. The van der Waals surface area contributed by atoms with Gasteiger partial charge < -0.3 is 10.1 Å². The standard InChI is InChI=1S/C14H18N4O/c1-5-11-12(7-6-9(2)16-11)19-13-8-10(3)17-14(15-4)18-13/h6-8H,5H2,1-4H3,(H,15,17,18). The summed E-state index contributed by atoms with van der Waals surface area (Å²) >= 11 is 0. The third-order valence-electron chi connectivity index (χ3n) is 2.68. The van der Waals surface area contributed by atoms with E-state index in [-0.39, 0.29) is 0 Å². The molecule has 19 heavy (non-hydrogen) atoms. The van der Waals surface area contributed by atoms with Crippen molar-refractivity contribution in [1.82, 2.24) is 15.0 Å². The van der Waals surface area contributed by atoms with E-state index < -0.39 is 0 Å². The van der Waals surface area contributed by atoms with Crippen LogP contribution in [0.1, 0.15) is 24.0 Å². The van der Waals surface area contributed by atoms with Crippen LogP contribution in [0.5, 0.6) is 11.6 Å². The average Bonchev–Trinajstić information content (AvgIpc) is 2.40. The summed E-state index contributed by atoms with van der Waals surface area (Å²) in [6.45, 7) is 5.93. The van der Waals surface area contributed by atoms with Gasteiger partial charge in [-0.25, -0.2) is 4.98 Å². The van der Waals surface area contributed by atoms with Gasteiger partial charge in [-0.05, 0) is 32.4 Å². The van der Waals surface area contributed by atoms with Crippen LogP contribution in [-0.4, -0.2) is 22.0 Å². The van der Waals surface area contributed by atoms with Crippen LogP contribution in [0.25, 0.3) is 0 Å². The molecular weight excluding hydrogens is 240 g/mol. The smallest absolute Gasteiger partial charge is 0.225 e. The highest BCUT2D eigenvalue weighted by molar-refractivity contribution is 5.35. The minimum absolute atomic E-state index is 0.525. The Kier molecular flexibility index (Phi) is 3.94. The van der Waals surface area contributed by atoms with Gasteiger partial charge in [0.25, 0.3) is 0 Å². The Balaban J connectivity index is 2.33. The highest BCUT2D eigenvalue weighted by Crippen LogP contribution is 2.24. The second-order valence-electron chi connectivity index (χ2n) is 4.27. The molecule has 0 unspecified atom stereocenters. The van der Waals surface area contributed by atoms with Crippen LogP contribution in [0.3, 0.4) is 0 Å². The highest BCUT2D eigenvalue weighted by Gasteiger charge is 2.08. The Morgan fingerprint density at radius 2 is 1.89 bits per heavy atom. The molecule has 0 spiro atoms. The quantitative estimate of drug-likeness (QED) is 0.913. The topological polar surface area (TPSA) is 59.9 Å². The first-order chi connectivity index (χ1) is 9.12. The van der Waals surface area contributed by atoms with E-state index in [1.54, 1.807) is 13.1 Å². The number of aromatic nitrogens is 3. The van der Waals surface area contributed by atoms with Gasteiger partial charge in [0.1, 0.15) is 0 Å². The van der Waals surface area contributed by atoms with Gasteiger partial charge in [-0.2, -0.15) is 4.98 Å². The largest absolute Gasteiger partial charge is 0.437 e. The lowest BCUT2D eigenvalue weighted by Crippen LogP contribution is -2.01.